The number of halogens is 3. The molecule has 0 saturated carbocycles. The lowest BCUT2D eigenvalue weighted by molar-refractivity contribution is 0.159. The molecule has 0 aromatic heterocycles. The fourth-order valence-corrected chi connectivity index (χ4v) is 1.11. The Morgan fingerprint density at radius 2 is 1.88 bits per heavy atom. The predicted molar refractivity (Wildman–Crippen MR) is 56.2 cm³/mol. The van der Waals surface area contributed by atoms with E-state index in [1.807, 2.05) is 12.2 Å². The molecule has 1 aromatic rings. The highest BCUT2D eigenvalue weighted by atomic mass is 19.1. The van der Waals surface area contributed by atoms with E-state index in [0.717, 1.165) is 6.42 Å². The first-order chi connectivity index (χ1) is 8.04. The van der Waals surface area contributed by atoms with Gasteiger partial charge in [0.15, 0.2) is 11.6 Å². The first kappa shape index (κ1) is 13.3. The van der Waals surface area contributed by atoms with Crippen molar-refractivity contribution in [2.24, 2.45) is 0 Å². The van der Waals surface area contributed by atoms with Crippen LogP contribution in [0.4, 0.5) is 23.7 Å². The number of hydrogen-bond donors (Lipinski definition) is 1. The molecule has 6 heteroatoms. The van der Waals surface area contributed by atoms with E-state index in [4.69, 9.17) is 0 Å². The van der Waals surface area contributed by atoms with Crippen molar-refractivity contribution in [1.29, 1.82) is 0 Å². The smallest absolute Gasteiger partial charge is 0.411 e. The van der Waals surface area contributed by atoms with Crippen LogP contribution in [0.3, 0.4) is 0 Å². The molecule has 0 aliphatic heterocycles. The minimum Gasteiger partial charge on any atom is -0.449 e. The number of hydrogen-bond acceptors (Lipinski definition) is 2. The monoisotopic (exact) mass is 247 g/mol. The van der Waals surface area contributed by atoms with Crippen LogP contribution in [0.15, 0.2) is 12.1 Å². The van der Waals surface area contributed by atoms with Crippen molar-refractivity contribution < 1.29 is 22.7 Å². The number of carbonyl (C=O) groups excluding carboxylic acids is 1. The van der Waals surface area contributed by atoms with Crippen LogP contribution in [0.2, 0.25) is 0 Å². The van der Waals surface area contributed by atoms with Gasteiger partial charge in [-0.1, -0.05) is 13.3 Å². The highest BCUT2D eigenvalue weighted by molar-refractivity contribution is 5.84. The molecule has 0 radical (unpaired) electrons. The quantitative estimate of drug-likeness (QED) is 0.827. The van der Waals surface area contributed by atoms with E-state index in [2.05, 4.69) is 4.74 Å². The van der Waals surface area contributed by atoms with Gasteiger partial charge in [0, 0.05) is 12.1 Å². The van der Waals surface area contributed by atoms with E-state index in [0.29, 0.717) is 18.6 Å². The molecule has 0 aliphatic carbocycles. The molecule has 17 heavy (non-hydrogen) atoms. The summed E-state index contributed by atoms with van der Waals surface area (Å²) < 4.78 is 43.4. The van der Waals surface area contributed by atoms with Crippen LogP contribution in [0.1, 0.15) is 19.8 Å². The molecule has 1 N–H and O–H groups in total. The lowest BCUT2D eigenvalue weighted by Gasteiger charge is -2.08. The van der Waals surface area contributed by atoms with E-state index >= 15 is 0 Å². The summed E-state index contributed by atoms with van der Waals surface area (Å²) in [5.74, 6) is -3.42. The van der Waals surface area contributed by atoms with Crippen LogP contribution in [-0.2, 0) is 4.74 Å². The third kappa shape index (κ3) is 3.97. The SMILES string of the molecule is CCCCOC(=O)Nc1c(F)cc(F)cc1F. The molecule has 0 fully saturated rings. The zero-order valence-electron chi connectivity index (χ0n) is 9.23. The van der Waals surface area contributed by atoms with Gasteiger partial charge in [-0.15, -0.1) is 0 Å². The third-order valence-corrected chi connectivity index (χ3v) is 1.96. The predicted octanol–water partition coefficient (Wildman–Crippen LogP) is 3.45. The van der Waals surface area contributed by atoms with E-state index in [9.17, 15) is 18.0 Å². The van der Waals surface area contributed by atoms with Gasteiger partial charge in [-0.2, -0.15) is 0 Å². The van der Waals surface area contributed by atoms with Gasteiger partial charge < -0.3 is 4.74 Å². The fraction of sp³-hybridized carbons (Fsp3) is 0.364. The number of ether oxygens (including phenoxy) is 1. The van der Waals surface area contributed by atoms with Crippen LogP contribution in [-0.4, -0.2) is 12.7 Å². The molecule has 0 heterocycles. The Hall–Kier alpha value is -1.72. The van der Waals surface area contributed by atoms with Crippen LogP contribution in [0.5, 0.6) is 0 Å². The number of unbranched alkanes of at least 4 members (excludes halogenated alkanes) is 1. The zero-order valence-corrected chi connectivity index (χ0v) is 9.23. The van der Waals surface area contributed by atoms with Gasteiger partial charge in [-0.3, -0.25) is 5.32 Å². The molecular weight excluding hydrogens is 235 g/mol. The maximum atomic E-state index is 13.1. The molecule has 94 valence electrons. The van der Waals surface area contributed by atoms with E-state index in [1.54, 1.807) is 0 Å². The molecule has 1 aromatic carbocycles. The Morgan fingerprint density at radius 3 is 2.41 bits per heavy atom. The molecule has 0 bridgehead atoms. The zero-order chi connectivity index (χ0) is 12.8. The second-order valence-corrected chi connectivity index (χ2v) is 3.36. The standard InChI is InChI=1S/C11H12F3NO2/c1-2-3-4-17-11(16)15-10-8(13)5-7(12)6-9(10)14/h5-6H,2-4H2,1H3,(H,15,16). The van der Waals surface area contributed by atoms with Crippen LogP contribution in [0.25, 0.3) is 0 Å². The molecule has 0 atom stereocenters. The third-order valence-electron chi connectivity index (χ3n) is 1.96. The van der Waals surface area contributed by atoms with Gasteiger partial charge in [-0.25, -0.2) is 18.0 Å². The Labute approximate surface area is 96.6 Å². The highest BCUT2D eigenvalue weighted by Crippen LogP contribution is 2.20. The van der Waals surface area contributed by atoms with Gasteiger partial charge in [0.25, 0.3) is 0 Å². The average molecular weight is 247 g/mol. The summed E-state index contributed by atoms with van der Waals surface area (Å²) in [7, 11) is 0. The average Bonchev–Trinajstić information content (AvgIpc) is 2.24. The maximum Gasteiger partial charge on any atom is 0.411 e. The van der Waals surface area contributed by atoms with E-state index in [1.165, 1.54) is 0 Å². The summed E-state index contributed by atoms with van der Waals surface area (Å²) in [4.78, 5) is 11.1. The number of anilines is 1. The summed E-state index contributed by atoms with van der Waals surface area (Å²) in [6, 6.07) is 0.954. The lowest BCUT2D eigenvalue weighted by Crippen LogP contribution is -2.16. The van der Waals surface area contributed by atoms with E-state index in [-0.39, 0.29) is 6.61 Å². The summed E-state index contributed by atoms with van der Waals surface area (Å²) in [6.07, 6.45) is 0.511. The molecule has 0 unspecified atom stereocenters. The van der Waals surface area contributed by atoms with Crippen molar-refractivity contribution in [3.8, 4) is 0 Å². The molecule has 1 amide bonds. The summed E-state index contributed by atoms with van der Waals surface area (Å²) in [6.45, 7) is 2.06. The number of nitrogens with one attached hydrogen (secondary N) is 1. The highest BCUT2D eigenvalue weighted by Gasteiger charge is 2.14. The summed E-state index contributed by atoms with van der Waals surface area (Å²) >= 11 is 0. The molecular formula is C11H12F3NO2. The Morgan fingerprint density at radius 1 is 1.29 bits per heavy atom. The minimum absolute atomic E-state index is 0.159. The van der Waals surface area contributed by atoms with Crippen molar-refractivity contribution in [3.05, 3.63) is 29.6 Å². The largest absolute Gasteiger partial charge is 0.449 e. The Balaban J connectivity index is 2.65. The van der Waals surface area contributed by atoms with Gasteiger partial charge in [-0.05, 0) is 6.42 Å². The van der Waals surface area contributed by atoms with Crippen molar-refractivity contribution in [3.63, 3.8) is 0 Å². The molecule has 1 rings (SSSR count). The van der Waals surface area contributed by atoms with Gasteiger partial charge >= 0.3 is 6.09 Å². The van der Waals surface area contributed by atoms with E-state index < -0.39 is 29.2 Å². The number of benzene rings is 1. The first-order valence-electron chi connectivity index (χ1n) is 5.13. The second-order valence-electron chi connectivity index (χ2n) is 3.36. The minimum atomic E-state index is -1.19. The van der Waals surface area contributed by atoms with Gasteiger partial charge in [0.1, 0.15) is 11.5 Å². The molecule has 0 saturated heterocycles. The lowest BCUT2D eigenvalue weighted by atomic mass is 10.3. The summed E-state index contributed by atoms with van der Waals surface area (Å²) in [5, 5.41) is 1.89. The number of amides is 1. The Bertz CT molecular complexity index is 387. The molecule has 3 nitrogen and oxygen atoms in total. The molecule has 0 aliphatic rings. The fourth-order valence-electron chi connectivity index (χ4n) is 1.11. The number of carbonyl (C=O) groups is 1. The van der Waals surface area contributed by atoms with Gasteiger partial charge in [0.05, 0.1) is 6.61 Å². The summed E-state index contributed by atoms with van der Waals surface area (Å²) in [5.41, 5.74) is -0.715. The van der Waals surface area contributed by atoms with Crippen molar-refractivity contribution in [2.75, 3.05) is 11.9 Å². The Kier molecular flexibility index (Phi) is 4.81. The van der Waals surface area contributed by atoms with Crippen LogP contribution >= 0.6 is 0 Å². The molecule has 0 spiro atoms. The van der Waals surface area contributed by atoms with Crippen molar-refractivity contribution in [2.45, 2.75) is 19.8 Å². The van der Waals surface area contributed by atoms with Gasteiger partial charge in [0.2, 0.25) is 0 Å². The second kappa shape index (κ2) is 6.12. The van der Waals surface area contributed by atoms with Crippen molar-refractivity contribution >= 4 is 11.8 Å². The first-order valence-corrected chi connectivity index (χ1v) is 5.13. The topological polar surface area (TPSA) is 38.3 Å². The van der Waals surface area contributed by atoms with Crippen LogP contribution in [0, 0.1) is 17.5 Å². The number of rotatable bonds is 4. The van der Waals surface area contributed by atoms with Crippen LogP contribution < -0.4 is 5.32 Å². The van der Waals surface area contributed by atoms with Crippen molar-refractivity contribution in [1.82, 2.24) is 0 Å². The normalized spacial score (nSPS) is 10.1. The maximum absolute atomic E-state index is 13.1.